The third kappa shape index (κ3) is 6.22. The summed E-state index contributed by atoms with van der Waals surface area (Å²) in [5.41, 5.74) is 3.66. The monoisotopic (exact) mass is 356 g/mol. The molecule has 1 amide bonds. The first-order chi connectivity index (χ1) is 12.0. The van der Waals surface area contributed by atoms with E-state index < -0.39 is 0 Å². The first-order valence-electron chi connectivity index (χ1n) is 8.69. The van der Waals surface area contributed by atoms with Crippen LogP contribution in [0.4, 0.5) is 0 Å². The van der Waals surface area contributed by atoms with Crippen molar-refractivity contribution >= 4 is 17.7 Å². The van der Waals surface area contributed by atoms with Crippen LogP contribution >= 0.6 is 11.8 Å². The molecule has 25 heavy (non-hydrogen) atoms. The zero-order valence-corrected chi connectivity index (χ0v) is 16.4. The van der Waals surface area contributed by atoms with Gasteiger partial charge in [0.15, 0.2) is 0 Å². The second-order valence-corrected chi connectivity index (χ2v) is 7.63. The minimum absolute atomic E-state index is 0.0697. The molecule has 1 N–H and O–H groups in total. The Morgan fingerprint density at radius 2 is 1.72 bits per heavy atom. The fourth-order valence-electron chi connectivity index (χ4n) is 2.44. The molecule has 2 rings (SSSR count). The Bertz CT molecular complexity index is 700. The van der Waals surface area contributed by atoms with Gasteiger partial charge in [0.1, 0.15) is 0 Å². The van der Waals surface area contributed by atoms with Crippen molar-refractivity contribution in [2.75, 3.05) is 12.8 Å². The van der Waals surface area contributed by atoms with Crippen LogP contribution in [0, 0.1) is 6.92 Å². The van der Waals surface area contributed by atoms with Crippen molar-refractivity contribution in [1.82, 2.24) is 10.2 Å². The lowest BCUT2D eigenvalue weighted by molar-refractivity contribution is -0.118. The Hall–Kier alpha value is -1.78. The molecule has 0 saturated heterocycles. The van der Waals surface area contributed by atoms with Crippen molar-refractivity contribution < 1.29 is 4.79 Å². The van der Waals surface area contributed by atoms with Crippen molar-refractivity contribution in [1.29, 1.82) is 0 Å². The van der Waals surface area contributed by atoms with Crippen LogP contribution in [0.1, 0.15) is 30.5 Å². The SMILES string of the molecule is Cc1ccccc1SCC(=O)NCc1ccccc1CN(C)C(C)C. The predicted octanol–water partition coefficient (Wildman–Crippen LogP) is 4.24. The van der Waals surface area contributed by atoms with E-state index in [1.807, 2.05) is 18.2 Å². The first kappa shape index (κ1) is 19.5. The van der Waals surface area contributed by atoms with E-state index in [9.17, 15) is 4.79 Å². The molecule has 0 fully saturated rings. The van der Waals surface area contributed by atoms with E-state index in [4.69, 9.17) is 0 Å². The summed E-state index contributed by atoms with van der Waals surface area (Å²) < 4.78 is 0. The number of benzene rings is 2. The van der Waals surface area contributed by atoms with E-state index in [2.05, 4.69) is 68.4 Å². The smallest absolute Gasteiger partial charge is 0.230 e. The summed E-state index contributed by atoms with van der Waals surface area (Å²) in [6.07, 6.45) is 0. The lowest BCUT2D eigenvalue weighted by Crippen LogP contribution is -2.28. The van der Waals surface area contributed by atoms with E-state index in [-0.39, 0.29) is 5.91 Å². The summed E-state index contributed by atoms with van der Waals surface area (Å²) in [5.74, 6) is 0.513. The molecule has 0 spiro atoms. The number of amides is 1. The van der Waals surface area contributed by atoms with E-state index in [0.29, 0.717) is 18.3 Å². The Labute approximate surface area is 155 Å². The molecule has 4 heteroatoms. The van der Waals surface area contributed by atoms with Crippen molar-refractivity contribution in [3.8, 4) is 0 Å². The van der Waals surface area contributed by atoms with E-state index >= 15 is 0 Å². The molecule has 3 nitrogen and oxygen atoms in total. The molecule has 134 valence electrons. The molecular formula is C21H28N2OS. The molecule has 2 aromatic carbocycles. The highest BCUT2D eigenvalue weighted by Gasteiger charge is 2.09. The Balaban J connectivity index is 1.88. The Morgan fingerprint density at radius 3 is 2.40 bits per heavy atom. The fourth-order valence-corrected chi connectivity index (χ4v) is 3.30. The molecule has 0 unspecified atom stereocenters. The van der Waals surface area contributed by atoms with Crippen LogP contribution in [0.25, 0.3) is 0 Å². The minimum atomic E-state index is 0.0697. The van der Waals surface area contributed by atoms with Crippen molar-refractivity contribution in [3.63, 3.8) is 0 Å². The van der Waals surface area contributed by atoms with Gasteiger partial charge in [-0.05, 0) is 50.6 Å². The lowest BCUT2D eigenvalue weighted by atomic mass is 10.1. The van der Waals surface area contributed by atoms with Crippen LogP contribution in [0.3, 0.4) is 0 Å². The van der Waals surface area contributed by atoms with Crippen molar-refractivity contribution in [3.05, 3.63) is 65.2 Å². The second kappa shape index (κ2) is 9.64. The highest BCUT2D eigenvalue weighted by Crippen LogP contribution is 2.21. The molecule has 0 radical (unpaired) electrons. The number of hydrogen-bond donors (Lipinski definition) is 1. The maximum absolute atomic E-state index is 12.2. The fraction of sp³-hybridized carbons (Fsp3) is 0.381. The number of rotatable bonds is 8. The highest BCUT2D eigenvalue weighted by molar-refractivity contribution is 8.00. The van der Waals surface area contributed by atoms with Gasteiger partial charge in [-0.15, -0.1) is 11.8 Å². The van der Waals surface area contributed by atoms with Crippen LogP contribution in [-0.4, -0.2) is 29.6 Å². The van der Waals surface area contributed by atoms with Gasteiger partial charge in [0.25, 0.3) is 0 Å². The zero-order chi connectivity index (χ0) is 18.2. The topological polar surface area (TPSA) is 32.3 Å². The van der Waals surface area contributed by atoms with Gasteiger partial charge in [-0.1, -0.05) is 42.5 Å². The van der Waals surface area contributed by atoms with E-state index in [1.165, 1.54) is 16.7 Å². The molecule has 2 aromatic rings. The molecule has 0 aliphatic heterocycles. The maximum atomic E-state index is 12.2. The van der Waals surface area contributed by atoms with Gasteiger partial charge in [-0.3, -0.25) is 9.69 Å². The van der Waals surface area contributed by atoms with Gasteiger partial charge in [-0.25, -0.2) is 0 Å². The maximum Gasteiger partial charge on any atom is 0.230 e. The third-order valence-electron chi connectivity index (χ3n) is 4.35. The molecule has 0 aliphatic carbocycles. The standard InChI is InChI=1S/C21H28N2OS/c1-16(2)23(4)14-19-11-7-6-10-18(19)13-22-21(24)15-25-20-12-8-5-9-17(20)3/h5-12,16H,13-15H2,1-4H3,(H,22,24). The number of aryl methyl sites for hydroxylation is 1. The van der Waals surface area contributed by atoms with E-state index in [0.717, 1.165) is 11.4 Å². The Kier molecular flexibility index (Phi) is 7.53. The van der Waals surface area contributed by atoms with Gasteiger partial charge in [0.2, 0.25) is 5.91 Å². The number of carbonyl (C=O) groups is 1. The summed E-state index contributed by atoms with van der Waals surface area (Å²) in [6.45, 7) is 7.92. The summed E-state index contributed by atoms with van der Waals surface area (Å²) in [5, 5.41) is 3.05. The van der Waals surface area contributed by atoms with Crippen molar-refractivity contribution in [2.45, 2.75) is 44.8 Å². The molecule has 0 bridgehead atoms. The van der Waals surface area contributed by atoms with Crippen LogP contribution in [0.2, 0.25) is 0 Å². The van der Waals surface area contributed by atoms with Gasteiger partial charge in [-0.2, -0.15) is 0 Å². The minimum Gasteiger partial charge on any atom is -0.351 e. The summed E-state index contributed by atoms with van der Waals surface area (Å²) in [6, 6.07) is 17.0. The lowest BCUT2D eigenvalue weighted by Gasteiger charge is -2.22. The predicted molar refractivity (Wildman–Crippen MR) is 107 cm³/mol. The normalized spacial score (nSPS) is 11.1. The van der Waals surface area contributed by atoms with Crippen LogP contribution in [0.15, 0.2) is 53.4 Å². The van der Waals surface area contributed by atoms with Crippen molar-refractivity contribution in [2.24, 2.45) is 0 Å². The number of nitrogens with zero attached hydrogens (tertiary/aromatic N) is 1. The largest absolute Gasteiger partial charge is 0.351 e. The quantitative estimate of drug-likeness (QED) is 0.718. The zero-order valence-electron chi connectivity index (χ0n) is 15.6. The number of hydrogen-bond acceptors (Lipinski definition) is 3. The third-order valence-corrected chi connectivity index (χ3v) is 5.52. The van der Waals surface area contributed by atoms with Gasteiger partial charge in [0.05, 0.1) is 5.75 Å². The summed E-state index contributed by atoms with van der Waals surface area (Å²) in [4.78, 5) is 15.7. The highest BCUT2D eigenvalue weighted by atomic mass is 32.2. The average molecular weight is 357 g/mol. The van der Waals surface area contributed by atoms with E-state index in [1.54, 1.807) is 11.8 Å². The molecule has 0 aliphatic rings. The average Bonchev–Trinajstić information content (AvgIpc) is 2.60. The summed E-state index contributed by atoms with van der Waals surface area (Å²) in [7, 11) is 2.12. The molecule has 0 heterocycles. The van der Waals surface area contributed by atoms with Gasteiger partial charge >= 0.3 is 0 Å². The van der Waals surface area contributed by atoms with Crippen LogP contribution in [0.5, 0.6) is 0 Å². The summed E-state index contributed by atoms with van der Waals surface area (Å²) >= 11 is 1.59. The van der Waals surface area contributed by atoms with Gasteiger partial charge < -0.3 is 5.32 Å². The van der Waals surface area contributed by atoms with Crippen LogP contribution in [-0.2, 0) is 17.9 Å². The molecule has 0 atom stereocenters. The molecular weight excluding hydrogens is 328 g/mol. The van der Waals surface area contributed by atoms with Crippen LogP contribution < -0.4 is 5.32 Å². The molecule has 0 saturated carbocycles. The Morgan fingerprint density at radius 1 is 1.08 bits per heavy atom. The molecule has 0 aromatic heterocycles. The second-order valence-electron chi connectivity index (χ2n) is 6.61. The number of carbonyl (C=O) groups excluding carboxylic acids is 1. The number of nitrogens with one attached hydrogen (secondary N) is 1. The number of thioether (sulfide) groups is 1. The first-order valence-corrected chi connectivity index (χ1v) is 9.68. The van der Waals surface area contributed by atoms with Gasteiger partial charge in [0, 0.05) is 24.0 Å².